The van der Waals surface area contributed by atoms with Crippen LogP contribution in [0.25, 0.3) is 6.08 Å². The Morgan fingerprint density at radius 1 is 1.29 bits per heavy atom. The van der Waals surface area contributed by atoms with Gasteiger partial charge in [-0.1, -0.05) is 53.8 Å². The molecular weight excluding hydrogens is 340 g/mol. The van der Waals surface area contributed by atoms with E-state index < -0.39 is 0 Å². The monoisotopic (exact) mass is 362 g/mol. The summed E-state index contributed by atoms with van der Waals surface area (Å²) in [5, 5.41) is 0. The van der Waals surface area contributed by atoms with Crippen LogP contribution >= 0.6 is 24.0 Å². The third-order valence-corrected chi connectivity index (χ3v) is 5.55. The number of hydrogen-bond acceptors (Lipinski definition) is 5. The predicted octanol–water partition coefficient (Wildman–Crippen LogP) is 2.92. The zero-order valence-corrected chi connectivity index (χ0v) is 15.5. The number of ether oxygens (including phenoxy) is 1. The average molecular weight is 363 g/mol. The molecule has 0 spiro atoms. The van der Waals surface area contributed by atoms with Crippen LogP contribution in [0.15, 0.2) is 29.2 Å². The fraction of sp³-hybridized carbons (Fsp3) is 0.444. The van der Waals surface area contributed by atoms with E-state index >= 15 is 0 Å². The number of hydrogen-bond donors (Lipinski definition) is 0. The molecule has 2 aliphatic heterocycles. The van der Waals surface area contributed by atoms with Crippen molar-refractivity contribution in [2.75, 3.05) is 39.4 Å². The third-order valence-electron chi connectivity index (χ3n) is 4.17. The molecule has 0 unspecified atom stereocenters. The number of carbonyl (C=O) groups is 1. The van der Waals surface area contributed by atoms with Gasteiger partial charge in [0.25, 0.3) is 5.91 Å². The fourth-order valence-corrected chi connectivity index (χ4v) is 4.19. The molecule has 2 fully saturated rings. The van der Waals surface area contributed by atoms with Crippen LogP contribution in [0, 0.1) is 6.92 Å². The number of carbonyl (C=O) groups excluding carboxylic acids is 1. The van der Waals surface area contributed by atoms with Gasteiger partial charge in [-0.05, 0) is 25.0 Å². The molecule has 24 heavy (non-hydrogen) atoms. The first-order valence-electron chi connectivity index (χ1n) is 8.25. The summed E-state index contributed by atoms with van der Waals surface area (Å²) in [4.78, 5) is 17.4. The van der Waals surface area contributed by atoms with Crippen LogP contribution in [0.3, 0.4) is 0 Å². The van der Waals surface area contributed by atoms with Crippen LogP contribution in [-0.4, -0.2) is 59.4 Å². The highest BCUT2D eigenvalue weighted by molar-refractivity contribution is 8.26. The lowest BCUT2D eigenvalue weighted by Gasteiger charge is -2.27. The molecule has 2 saturated heterocycles. The van der Waals surface area contributed by atoms with Crippen LogP contribution in [0.5, 0.6) is 0 Å². The van der Waals surface area contributed by atoms with Gasteiger partial charge in [0.05, 0.1) is 18.1 Å². The minimum absolute atomic E-state index is 0.0356. The summed E-state index contributed by atoms with van der Waals surface area (Å²) in [7, 11) is 0. The maximum absolute atomic E-state index is 12.6. The molecule has 128 valence electrons. The molecule has 0 saturated carbocycles. The average Bonchev–Trinajstić information content (AvgIpc) is 2.83. The van der Waals surface area contributed by atoms with Gasteiger partial charge in [0.2, 0.25) is 0 Å². The van der Waals surface area contributed by atoms with Gasteiger partial charge in [0.1, 0.15) is 4.32 Å². The summed E-state index contributed by atoms with van der Waals surface area (Å²) in [6.45, 7) is 7.29. The Kier molecular flexibility index (Phi) is 6.05. The van der Waals surface area contributed by atoms with Crippen molar-refractivity contribution in [1.82, 2.24) is 9.80 Å². The summed E-state index contributed by atoms with van der Waals surface area (Å²) >= 11 is 6.80. The second-order valence-electron chi connectivity index (χ2n) is 6.06. The Morgan fingerprint density at radius 3 is 2.83 bits per heavy atom. The van der Waals surface area contributed by atoms with Crippen molar-refractivity contribution < 1.29 is 9.53 Å². The normalized spacial score (nSPS) is 21.0. The van der Waals surface area contributed by atoms with E-state index in [4.69, 9.17) is 17.0 Å². The highest BCUT2D eigenvalue weighted by Crippen LogP contribution is 2.32. The van der Waals surface area contributed by atoms with Crippen molar-refractivity contribution in [3.63, 3.8) is 0 Å². The second-order valence-corrected chi connectivity index (χ2v) is 7.73. The van der Waals surface area contributed by atoms with Crippen molar-refractivity contribution in [2.45, 2.75) is 13.3 Å². The number of aryl methyl sites for hydroxylation is 1. The summed E-state index contributed by atoms with van der Waals surface area (Å²) in [6.07, 6.45) is 2.87. The number of morpholine rings is 1. The molecule has 2 aliphatic rings. The number of benzene rings is 1. The molecule has 6 heteroatoms. The zero-order valence-electron chi connectivity index (χ0n) is 13.9. The zero-order chi connectivity index (χ0) is 16.9. The maximum atomic E-state index is 12.6. The molecule has 1 aromatic carbocycles. The van der Waals surface area contributed by atoms with Gasteiger partial charge < -0.3 is 4.74 Å². The lowest BCUT2D eigenvalue weighted by atomic mass is 10.1. The van der Waals surface area contributed by atoms with E-state index in [0.717, 1.165) is 49.7 Å². The van der Waals surface area contributed by atoms with E-state index in [-0.39, 0.29) is 5.91 Å². The Morgan fingerprint density at radius 2 is 2.08 bits per heavy atom. The van der Waals surface area contributed by atoms with Crippen LogP contribution in [-0.2, 0) is 9.53 Å². The van der Waals surface area contributed by atoms with Gasteiger partial charge in [-0.25, -0.2) is 0 Å². The molecule has 0 bridgehead atoms. The number of thiocarbonyl (C=S) groups is 1. The van der Waals surface area contributed by atoms with Gasteiger partial charge in [0.15, 0.2) is 0 Å². The van der Waals surface area contributed by atoms with Crippen LogP contribution in [0.4, 0.5) is 0 Å². The van der Waals surface area contributed by atoms with Crippen LogP contribution < -0.4 is 0 Å². The first kappa shape index (κ1) is 17.6. The van der Waals surface area contributed by atoms with E-state index in [2.05, 4.69) is 11.0 Å². The molecule has 3 rings (SSSR count). The lowest BCUT2D eigenvalue weighted by molar-refractivity contribution is -0.122. The molecule has 1 aromatic rings. The van der Waals surface area contributed by atoms with E-state index in [0.29, 0.717) is 10.9 Å². The second kappa shape index (κ2) is 8.25. The Labute approximate surface area is 152 Å². The number of nitrogens with zero attached hydrogens (tertiary/aromatic N) is 2. The van der Waals surface area contributed by atoms with Crippen molar-refractivity contribution >= 4 is 40.3 Å². The molecule has 0 aliphatic carbocycles. The highest BCUT2D eigenvalue weighted by atomic mass is 32.2. The Hall–Kier alpha value is -1.21. The van der Waals surface area contributed by atoms with E-state index in [1.165, 1.54) is 17.3 Å². The molecular formula is C18H22N2O2S2. The van der Waals surface area contributed by atoms with Crippen LogP contribution in [0.1, 0.15) is 17.5 Å². The van der Waals surface area contributed by atoms with E-state index in [1.807, 2.05) is 31.2 Å². The quantitative estimate of drug-likeness (QED) is 0.594. The van der Waals surface area contributed by atoms with Crippen LogP contribution in [0.2, 0.25) is 0 Å². The first-order valence-corrected chi connectivity index (χ1v) is 9.48. The molecule has 0 atom stereocenters. The van der Waals surface area contributed by atoms with Gasteiger partial charge in [-0.15, -0.1) is 0 Å². The van der Waals surface area contributed by atoms with Crippen molar-refractivity contribution in [3.8, 4) is 0 Å². The number of thioether (sulfide) groups is 1. The smallest absolute Gasteiger partial charge is 0.266 e. The SMILES string of the molecule is Cc1cccc(/C=C2\SC(=S)N(CCCN3CCOCC3)C2=O)c1. The molecule has 0 radical (unpaired) electrons. The van der Waals surface area contributed by atoms with Gasteiger partial charge in [0, 0.05) is 26.2 Å². The largest absolute Gasteiger partial charge is 0.379 e. The van der Waals surface area contributed by atoms with Crippen molar-refractivity contribution in [1.29, 1.82) is 0 Å². The standard InChI is InChI=1S/C18H22N2O2S2/c1-14-4-2-5-15(12-14)13-16-17(21)20(18(23)24-16)7-3-6-19-8-10-22-11-9-19/h2,4-5,12-13H,3,6-11H2,1H3/b16-13-. The molecule has 2 heterocycles. The Bertz CT molecular complexity index is 654. The molecule has 0 aromatic heterocycles. The van der Waals surface area contributed by atoms with Crippen molar-refractivity contribution in [3.05, 3.63) is 40.3 Å². The maximum Gasteiger partial charge on any atom is 0.266 e. The van der Waals surface area contributed by atoms with Gasteiger partial charge >= 0.3 is 0 Å². The first-order chi connectivity index (χ1) is 11.6. The van der Waals surface area contributed by atoms with E-state index in [9.17, 15) is 4.79 Å². The minimum Gasteiger partial charge on any atom is -0.379 e. The topological polar surface area (TPSA) is 32.8 Å². The van der Waals surface area contributed by atoms with Crippen molar-refractivity contribution in [2.24, 2.45) is 0 Å². The summed E-state index contributed by atoms with van der Waals surface area (Å²) in [5.74, 6) is 0.0356. The molecule has 4 nitrogen and oxygen atoms in total. The number of rotatable bonds is 5. The molecule has 0 N–H and O–H groups in total. The van der Waals surface area contributed by atoms with Gasteiger partial charge in [-0.2, -0.15) is 0 Å². The predicted molar refractivity (Wildman–Crippen MR) is 103 cm³/mol. The molecule has 1 amide bonds. The highest BCUT2D eigenvalue weighted by Gasteiger charge is 2.31. The summed E-state index contributed by atoms with van der Waals surface area (Å²) < 4.78 is 6.02. The van der Waals surface area contributed by atoms with Gasteiger partial charge in [-0.3, -0.25) is 14.6 Å². The minimum atomic E-state index is 0.0356. The Balaban J connectivity index is 1.57. The third kappa shape index (κ3) is 4.45. The fourth-order valence-electron chi connectivity index (χ4n) is 2.88. The van der Waals surface area contributed by atoms with E-state index in [1.54, 1.807) is 4.90 Å². The lowest BCUT2D eigenvalue weighted by Crippen LogP contribution is -2.38. The summed E-state index contributed by atoms with van der Waals surface area (Å²) in [6, 6.07) is 8.14. The summed E-state index contributed by atoms with van der Waals surface area (Å²) in [5.41, 5.74) is 2.23. The number of amides is 1.